The van der Waals surface area contributed by atoms with Gasteiger partial charge in [0.15, 0.2) is 5.96 Å². The SMILES string of the molecule is CC(CNC(=O)CNC(=O)c1cccc(N=C(N)N)c1)NC(=O)C1C2CCC(CC2)N1S(=O)(=O)c1ccccc1. The number of nitrogens with one attached hydrogen (secondary N) is 3. The Morgan fingerprint density at radius 3 is 2.38 bits per heavy atom. The molecule has 2 aromatic carbocycles. The molecular formula is C27H35N7O5S. The third-order valence-electron chi connectivity index (χ3n) is 7.18. The van der Waals surface area contributed by atoms with Crippen LogP contribution < -0.4 is 27.4 Å². The van der Waals surface area contributed by atoms with E-state index >= 15 is 0 Å². The van der Waals surface area contributed by atoms with E-state index in [0.29, 0.717) is 5.69 Å². The molecule has 1 aliphatic carbocycles. The second-order valence-electron chi connectivity index (χ2n) is 10.1. The number of carbonyl (C=O) groups is 3. The highest BCUT2D eigenvalue weighted by atomic mass is 32.2. The zero-order valence-electron chi connectivity index (χ0n) is 22.2. The number of guanidine groups is 1. The molecule has 2 saturated heterocycles. The first-order valence-electron chi connectivity index (χ1n) is 13.2. The summed E-state index contributed by atoms with van der Waals surface area (Å²) in [7, 11) is -3.85. The fraction of sp³-hybridized carbons (Fsp3) is 0.407. The van der Waals surface area contributed by atoms with Gasteiger partial charge in [-0.15, -0.1) is 0 Å². The van der Waals surface area contributed by atoms with Crippen molar-refractivity contribution in [1.29, 1.82) is 0 Å². The van der Waals surface area contributed by atoms with Crippen LogP contribution in [0.4, 0.5) is 5.69 Å². The van der Waals surface area contributed by atoms with Gasteiger partial charge in [0, 0.05) is 24.2 Å². The van der Waals surface area contributed by atoms with Crippen molar-refractivity contribution in [3.63, 3.8) is 0 Å². The maximum absolute atomic E-state index is 13.5. The fourth-order valence-corrected chi connectivity index (χ4v) is 7.25. The molecule has 2 bridgehead atoms. The number of nitrogens with zero attached hydrogens (tertiary/aromatic N) is 2. The van der Waals surface area contributed by atoms with Crippen molar-refractivity contribution in [3.05, 3.63) is 60.2 Å². The number of sulfonamides is 1. The molecule has 0 aromatic heterocycles. The third kappa shape index (κ3) is 6.77. The van der Waals surface area contributed by atoms with Crippen LogP contribution in [0.1, 0.15) is 43.0 Å². The van der Waals surface area contributed by atoms with Crippen molar-refractivity contribution in [2.24, 2.45) is 22.4 Å². The Balaban J connectivity index is 1.31. The zero-order chi connectivity index (χ0) is 28.9. The van der Waals surface area contributed by atoms with Gasteiger partial charge in [-0.05, 0) is 68.9 Å². The van der Waals surface area contributed by atoms with Gasteiger partial charge in [0.05, 0.1) is 17.1 Å². The number of rotatable bonds is 10. The van der Waals surface area contributed by atoms with E-state index < -0.39 is 33.9 Å². The van der Waals surface area contributed by atoms with E-state index in [4.69, 9.17) is 11.5 Å². The highest BCUT2D eigenvalue weighted by Gasteiger charge is 2.51. The van der Waals surface area contributed by atoms with Crippen molar-refractivity contribution < 1.29 is 22.8 Å². The normalized spacial score (nSPS) is 21.2. The minimum Gasteiger partial charge on any atom is -0.370 e. The Morgan fingerprint density at radius 2 is 1.70 bits per heavy atom. The Bertz CT molecular complexity index is 1370. The molecule has 13 heteroatoms. The largest absolute Gasteiger partial charge is 0.370 e. The lowest BCUT2D eigenvalue weighted by atomic mass is 9.76. The summed E-state index contributed by atoms with van der Waals surface area (Å²) in [5, 5.41) is 8.09. The first-order valence-corrected chi connectivity index (χ1v) is 14.6. The predicted octanol–water partition coefficient (Wildman–Crippen LogP) is 0.574. The number of benzene rings is 2. The molecule has 7 N–H and O–H groups in total. The Morgan fingerprint density at radius 1 is 1.00 bits per heavy atom. The fourth-order valence-electron chi connectivity index (χ4n) is 5.33. The first-order chi connectivity index (χ1) is 19.1. The molecule has 2 aliphatic heterocycles. The van der Waals surface area contributed by atoms with Crippen LogP contribution in [0.2, 0.25) is 0 Å². The van der Waals surface area contributed by atoms with Crippen molar-refractivity contribution in [1.82, 2.24) is 20.3 Å². The lowest BCUT2D eigenvalue weighted by Gasteiger charge is -2.49. The maximum atomic E-state index is 13.5. The molecule has 2 aromatic rings. The number of aliphatic imine (C=N–C) groups is 1. The number of piperidine rings is 2. The highest BCUT2D eigenvalue weighted by Crippen LogP contribution is 2.42. The third-order valence-corrected chi connectivity index (χ3v) is 9.13. The average molecular weight is 570 g/mol. The highest BCUT2D eigenvalue weighted by molar-refractivity contribution is 7.89. The molecule has 0 spiro atoms. The van der Waals surface area contributed by atoms with Crippen LogP contribution in [-0.4, -0.2) is 67.6 Å². The molecule has 1 saturated carbocycles. The quantitative estimate of drug-likeness (QED) is 0.204. The molecule has 0 radical (unpaired) electrons. The van der Waals surface area contributed by atoms with E-state index in [2.05, 4.69) is 20.9 Å². The number of carbonyl (C=O) groups excluding carboxylic acids is 3. The molecular weight excluding hydrogens is 534 g/mol. The van der Waals surface area contributed by atoms with E-state index in [-0.39, 0.29) is 47.4 Å². The van der Waals surface area contributed by atoms with Crippen LogP contribution in [0.25, 0.3) is 0 Å². The van der Waals surface area contributed by atoms with E-state index in [1.54, 1.807) is 55.5 Å². The summed E-state index contributed by atoms with van der Waals surface area (Å²) in [4.78, 5) is 42.2. The average Bonchev–Trinajstić information content (AvgIpc) is 2.95. The monoisotopic (exact) mass is 569 g/mol. The molecule has 2 heterocycles. The Labute approximate surface area is 233 Å². The summed E-state index contributed by atoms with van der Waals surface area (Å²) < 4.78 is 28.5. The molecule has 3 aliphatic rings. The van der Waals surface area contributed by atoms with Crippen LogP contribution in [0.3, 0.4) is 0 Å². The number of nitrogens with two attached hydrogens (primary N) is 2. The lowest BCUT2D eigenvalue weighted by molar-refractivity contribution is -0.131. The van der Waals surface area contributed by atoms with Gasteiger partial charge in [-0.25, -0.2) is 13.4 Å². The van der Waals surface area contributed by atoms with E-state index in [0.717, 1.165) is 25.7 Å². The van der Waals surface area contributed by atoms with Gasteiger partial charge in [0.2, 0.25) is 21.8 Å². The van der Waals surface area contributed by atoms with Crippen LogP contribution in [0.5, 0.6) is 0 Å². The van der Waals surface area contributed by atoms with Gasteiger partial charge in [-0.2, -0.15) is 4.31 Å². The molecule has 3 amide bonds. The summed E-state index contributed by atoms with van der Waals surface area (Å²) in [5.74, 6) is -1.49. The van der Waals surface area contributed by atoms with Crippen LogP contribution >= 0.6 is 0 Å². The van der Waals surface area contributed by atoms with Gasteiger partial charge in [0.1, 0.15) is 6.04 Å². The second-order valence-corrected chi connectivity index (χ2v) is 12.0. The van der Waals surface area contributed by atoms with E-state index in [9.17, 15) is 22.8 Å². The molecule has 5 rings (SSSR count). The predicted molar refractivity (Wildman–Crippen MR) is 150 cm³/mol. The minimum absolute atomic E-state index is 0.0639. The molecule has 12 nitrogen and oxygen atoms in total. The van der Waals surface area contributed by atoms with Gasteiger partial charge < -0.3 is 27.4 Å². The number of hydrogen-bond donors (Lipinski definition) is 5. The van der Waals surface area contributed by atoms with Crippen molar-refractivity contribution in [3.8, 4) is 0 Å². The maximum Gasteiger partial charge on any atom is 0.251 e. The standard InChI is InChI=1S/C27H35N7O5S/c1-17(15-30-23(35)16-31-25(36)19-6-5-7-20(14-19)33-27(28)29)32-26(37)24-18-10-12-21(13-11-18)34(24)40(38,39)22-8-3-2-4-9-22/h2-9,14,17-18,21,24H,10-13,15-16H2,1H3,(H,30,35)(H,31,36)(H,32,37)(H4,28,29,33). The molecule has 2 atom stereocenters. The van der Waals surface area contributed by atoms with Crippen molar-refractivity contribution >= 4 is 39.4 Å². The first kappa shape index (κ1) is 29.0. The molecule has 40 heavy (non-hydrogen) atoms. The Hall–Kier alpha value is -3.97. The lowest BCUT2D eigenvalue weighted by Crippen LogP contribution is -2.63. The summed E-state index contributed by atoms with van der Waals surface area (Å²) in [6.45, 7) is 1.55. The van der Waals surface area contributed by atoms with Crippen molar-refractivity contribution in [2.45, 2.75) is 55.6 Å². The minimum atomic E-state index is -3.85. The number of fused-ring (bicyclic) bond motifs is 3. The number of hydrogen-bond acceptors (Lipinski definition) is 6. The summed E-state index contributed by atoms with van der Waals surface area (Å²) in [6.07, 6.45) is 3.05. The summed E-state index contributed by atoms with van der Waals surface area (Å²) >= 11 is 0. The van der Waals surface area contributed by atoms with Crippen molar-refractivity contribution in [2.75, 3.05) is 13.1 Å². The van der Waals surface area contributed by atoms with E-state index in [1.807, 2.05) is 0 Å². The Kier molecular flexibility index (Phi) is 9.05. The van der Waals surface area contributed by atoms with Gasteiger partial charge in [-0.1, -0.05) is 24.3 Å². The second kappa shape index (κ2) is 12.5. The summed E-state index contributed by atoms with van der Waals surface area (Å²) in [6, 6.07) is 13.0. The smallest absolute Gasteiger partial charge is 0.251 e. The van der Waals surface area contributed by atoms with Crippen LogP contribution in [0.15, 0.2) is 64.5 Å². The molecule has 214 valence electrons. The zero-order valence-corrected chi connectivity index (χ0v) is 23.1. The topological polar surface area (TPSA) is 189 Å². The van der Waals surface area contributed by atoms with Crippen LogP contribution in [0, 0.1) is 5.92 Å². The molecule has 2 unspecified atom stereocenters. The summed E-state index contributed by atoms with van der Waals surface area (Å²) in [5.41, 5.74) is 11.4. The van der Waals surface area contributed by atoms with E-state index in [1.165, 1.54) is 10.4 Å². The molecule has 3 fully saturated rings. The van der Waals surface area contributed by atoms with Crippen LogP contribution in [-0.2, 0) is 19.6 Å². The van der Waals surface area contributed by atoms with Gasteiger partial charge >= 0.3 is 0 Å². The number of amides is 3. The van der Waals surface area contributed by atoms with Gasteiger partial charge in [-0.3, -0.25) is 14.4 Å². The van der Waals surface area contributed by atoms with Gasteiger partial charge in [0.25, 0.3) is 5.91 Å².